The molecule has 1 aromatic heterocycles. The van der Waals surface area contributed by atoms with Gasteiger partial charge in [0.2, 0.25) is 0 Å². The van der Waals surface area contributed by atoms with Crippen LogP contribution in [0.4, 0.5) is 0 Å². The molecule has 66 valence electrons. The highest BCUT2D eigenvalue weighted by molar-refractivity contribution is 6.35. The predicted molar refractivity (Wildman–Crippen MR) is 49.7 cm³/mol. The molecular weight excluding hydrogens is 197 g/mol. The van der Waals surface area contributed by atoms with Crippen LogP contribution in [0.2, 0.25) is 10.0 Å². The van der Waals surface area contributed by atoms with Gasteiger partial charge in [0.15, 0.2) is 0 Å². The van der Waals surface area contributed by atoms with E-state index in [9.17, 15) is 0 Å². The van der Waals surface area contributed by atoms with E-state index in [0.717, 1.165) is 5.56 Å². The van der Waals surface area contributed by atoms with Gasteiger partial charge in [-0.15, -0.1) is 0 Å². The normalized spacial score (nSPS) is 13.0. The van der Waals surface area contributed by atoms with Gasteiger partial charge in [-0.05, 0) is 6.92 Å². The van der Waals surface area contributed by atoms with Crippen LogP contribution in [0.25, 0.3) is 0 Å². The van der Waals surface area contributed by atoms with Crippen LogP contribution in [0.1, 0.15) is 18.6 Å². The Labute approximate surface area is 81.5 Å². The number of halogens is 2. The Hall–Kier alpha value is -0.310. The molecule has 0 spiro atoms. The maximum Gasteiger partial charge on any atom is 0.0823 e. The van der Waals surface area contributed by atoms with Crippen LogP contribution in [0.5, 0.6) is 0 Å². The summed E-state index contributed by atoms with van der Waals surface area (Å²) in [5, 5.41) is 1.08. The van der Waals surface area contributed by atoms with Crippen LogP contribution in [0.3, 0.4) is 0 Å². The molecule has 0 aliphatic heterocycles. The molecule has 0 saturated heterocycles. The molecule has 1 rings (SSSR count). The van der Waals surface area contributed by atoms with Gasteiger partial charge in [-0.2, -0.15) is 0 Å². The van der Waals surface area contributed by atoms with E-state index >= 15 is 0 Å². The number of aromatic nitrogens is 1. The number of hydrogen-bond acceptors (Lipinski definition) is 2. The van der Waals surface area contributed by atoms with Crippen molar-refractivity contribution in [1.82, 2.24) is 4.98 Å². The van der Waals surface area contributed by atoms with Gasteiger partial charge in [-0.25, -0.2) is 0 Å². The van der Waals surface area contributed by atoms with Crippen molar-refractivity contribution in [3.05, 3.63) is 28.0 Å². The number of rotatable bonds is 2. The monoisotopic (exact) mass is 205 g/mol. The molecule has 1 atom stereocenters. The van der Waals surface area contributed by atoms with E-state index in [-0.39, 0.29) is 6.10 Å². The van der Waals surface area contributed by atoms with Crippen molar-refractivity contribution in [3.8, 4) is 0 Å². The number of ether oxygens (including phenoxy) is 1. The lowest BCUT2D eigenvalue weighted by Gasteiger charge is -2.12. The van der Waals surface area contributed by atoms with Crippen molar-refractivity contribution >= 4 is 23.2 Å². The molecule has 0 aliphatic carbocycles. The van der Waals surface area contributed by atoms with E-state index in [1.54, 1.807) is 19.5 Å². The van der Waals surface area contributed by atoms with Crippen molar-refractivity contribution < 1.29 is 4.74 Å². The fourth-order valence-electron chi connectivity index (χ4n) is 0.928. The van der Waals surface area contributed by atoms with E-state index in [1.165, 1.54) is 0 Å². The lowest BCUT2D eigenvalue weighted by atomic mass is 10.2. The Kier molecular flexibility index (Phi) is 3.32. The molecule has 0 N–H and O–H groups in total. The second-order valence-corrected chi connectivity index (χ2v) is 3.21. The lowest BCUT2D eigenvalue weighted by Crippen LogP contribution is -1.98. The van der Waals surface area contributed by atoms with E-state index in [2.05, 4.69) is 4.98 Å². The average Bonchev–Trinajstić information content (AvgIpc) is 2.03. The van der Waals surface area contributed by atoms with Gasteiger partial charge in [0.05, 0.1) is 16.1 Å². The first-order chi connectivity index (χ1) is 5.66. The summed E-state index contributed by atoms with van der Waals surface area (Å²) in [5.74, 6) is 0. The molecule has 0 aliphatic rings. The van der Waals surface area contributed by atoms with Crippen LogP contribution < -0.4 is 0 Å². The topological polar surface area (TPSA) is 22.1 Å². The molecule has 0 saturated carbocycles. The summed E-state index contributed by atoms with van der Waals surface area (Å²) in [6, 6.07) is 0. The third-order valence-electron chi connectivity index (χ3n) is 1.65. The van der Waals surface area contributed by atoms with Gasteiger partial charge >= 0.3 is 0 Å². The van der Waals surface area contributed by atoms with Gasteiger partial charge in [0.25, 0.3) is 0 Å². The first kappa shape index (κ1) is 9.78. The van der Waals surface area contributed by atoms with Crippen LogP contribution in [-0.2, 0) is 4.74 Å². The number of hydrogen-bond donors (Lipinski definition) is 0. The molecular formula is C8H9Cl2NO. The van der Waals surface area contributed by atoms with E-state index in [1.807, 2.05) is 6.92 Å². The van der Waals surface area contributed by atoms with Gasteiger partial charge in [0.1, 0.15) is 0 Å². The van der Waals surface area contributed by atoms with Crippen molar-refractivity contribution in [2.45, 2.75) is 13.0 Å². The Balaban J connectivity index is 3.12. The number of methoxy groups -OCH3 is 1. The van der Waals surface area contributed by atoms with Gasteiger partial charge in [0, 0.05) is 25.1 Å². The first-order valence-electron chi connectivity index (χ1n) is 3.48. The summed E-state index contributed by atoms with van der Waals surface area (Å²) >= 11 is 11.8. The average molecular weight is 206 g/mol. The summed E-state index contributed by atoms with van der Waals surface area (Å²) in [4.78, 5) is 3.84. The number of pyridine rings is 1. The Morgan fingerprint density at radius 3 is 2.25 bits per heavy atom. The summed E-state index contributed by atoms with van der Waals surface area (Å²) in [5.41, 5.74) is 0.788. The van der Waals surface area contributed by atoms with Crippen LogP contribution in [-0.4, -0.2) is 12.1 Å². The second kappa shape index (κ2) is 4.08. The maximum atomic E-state index is 5.88. The minimum Gasteiger partial charge on any atom is -0.377 e. The van der Waals surface area contributed by atoms with Gasteiger partial charge in [-0.1, -0.05) is 23.2 Å². The predicted octanol–water partition coefficient (Wildman–Crippen LogP) is 3.10. The molecule has 0 fully saturated rings. The molecule has 4 heteroatoms. The second-order valence-electron chi connectivity index (χ2n) is 2.39. The zero-order valence-electron chi connectivity index (χ0n) is 6.84. The zero-order valence-corrected chi connectivity index (χ0v) is 8.36. The highest BCUT2D eigenvalue weighted by atomic mass is 35.5. The molecule has 1 aromatic rings. The Bertz CT molecular complexity index is 258. The van der Waals surface area contributed by atoms with E-state index in [0.29, 0.717) is 10.0 Å². The summed E-state index contributed by atoms with van der Waals surface area (Å²) in [7, 11) is 1.61. The largest absolute Gasteiger partial charge is 0.377 e. The lowest BCUT2D eigenvalue weighted by molar-refractivity contribution is 0.119. The van der Waals surface area contributed by atoms with E-state index < -0.39 is 0 Å². The van der Waals surface area contributed by atoms with Crippen LogP contribution in [0.15, 0.2) is 12.4 Å². The minimum absolute atomic E-state index is 0.104. The third kappa shape index (κ3) is 1.89. The zero-order chi connectivity index (χ0) is 9.14. The van der Waals surface area contributed by atoms with Gasteiger partial charge < -0.3 is 4.74 Å². The quantitative estimate of drug-likeness (QED) is 0.741. The van der Waals surface area contributed by atoms with Crippen LogP contribution >= 0.6 is 23.2 Å². The standard InChI is InChI=1S/C8H9Cl2NO/c1-5(12-2)8-6(9)3-11-4-7(8)10/h3-5H,1-2H3/t5-/m1/s1. The fraction of sp³-hybridized carbons (Fsp3) is 0.375. The van der Waals surface area contributed by atoms with Gasteiger partial charge in [-0.3, -0.25) is 4.98 Å². The molecule has 1 heterocycles. The van der Waals surface area contributed by atoms with Crippen molar-refractivity contribution in [2.24, 2.45) is 0 Å². The molecule has 0 unspecified atom stereocenters. The molecule has 0 radical (unpaired) electrons. The SMILES string of the molecule is CO[C@H](C)c1c(Cl)cncc1Cl. The summed E-state index contributed by atoms with van der Waals surface area (Å²) in [6.07, 6.45) is 3.00. The van der Waals surface area contributed by atoms with E-state index in [4.69, 9.17) is 27.9 Å². The fourth-order valence-corrected chi connectivity index (χ4v) is 1.60. The maximum absolute atomic E-state index is 5.88. The Morgan fingerprint density at radius 2 is 1.83 bits per heavy atom. The molecule has 0 bridgehead atoms. The highest BCUT2D eigenvalue weighted by Gasteiger charge is 2.12. The van der Waals surface area contributed by atoms with Crippen molar-refractivity contribution in [1.29, 1.82) is 0 Å². The summed E-state index contributed by atoms with van der Waals surface area (Å²) in [6.45, 7) is 1.88. The molecule has 0 aromatic carbocycles. The van der Waals surface area contributed by atoms with Crippen molar-refractivity contribution in [2.75, 3.05) is 7.11 Å². The smallest absolute Gasteiger partial charge is 0.0823 e. The highest BCUT2D eigenvalue weighted by Crippen LogP contribution is 2.30. The Morgan fingerprint density at radius 1 is 1.33 bits per heavy atom. The first-order valence-corrected chi connectivity index (χ1v) is 4.24. The summed E-state index contributed by atoms with van der Waals surface area (Å²) < 4.78 is 5.10. The third-order valence-corrected chi connectivity index (χ3v) is 2.25. The van der Waals surface area contributed by atoms with Crippen LogP contribution in [0, 0.1) is 0 Å². The molecule has 2 nitrogen and oxygen atoms in total. The molecule has 0 amide bonds. The van der Waals surface area contributed by atoms with Crippen molar-refractivity contribution in [3.63, 3.8) is 0 Å². The molecule has 12 heavy (non-hydrogen) atoms. The number of nitrogens with zero attached hydrogens (tertiary/aromatic N) is 1. The minimum atomic E-state index is -0.104.